The van der Waals surface area contributed by atoms with Crippen molar-refractivity contribution in [2.75, 3.05) is 44.9 Å². The number of carbonyl (C=O) groups excluding carboxylic acids is 1. The van der Waals surface area contributed by atoms with Gasteiger partial charge in [0.1, 0.15) is 5.82 Å². The number of cyclic esters (lactones) is 1. The number of nitrogens with two attached hydrogens (primary N) is 1. The Hall–Kier alpha value is -2.63. The number of benzene rings is 1. The van der Waals surface area contributed by atoms with Gasteiger partial charge >= 0.3 is 6.09 Å². The first kappa shape index (κ1) is 23.0. The third-order valence-electron chi connectivity index (χ3n) is 4.88. The summed E-state index contributed by atoms with van der Waals surface area (Å²) in [5, 5.41) is 5.81. The molecule has 0 spiro atoms. The van der Waals surface area contributed by atoms with Crippen molar-refractivity contribution in [3.63, 3.8) is 0 Å². The smallest absolute Gasteiger partial charge is 0.408 e. The molecule has 31 heavy (non-hydrogen) atoms. The van der Waals surface area contributed by atoms with Crippen LogP contribution in [-0.4, -0.2) is 60.3 Å². The van der Waals surface area contributed by atoms with Crippen LogP contribution < -0.4 is 21.1 Å². The van der Waals surface area contributed by atoms with Crippen LogP contribution in [0.4, 0.5) is 22.0 Å². The molecule has 0 aliphatic carbocycles. The highest BCUT2D eigenvalue weighted by atomic mass is 32.2. The maximum absolute atomic E-state index is 11.2. The van der Waals surface area contributed by atoms with E-state index >= 15 is 0 Å². The Labute approximate surface area is 186 Å². The van der Waals surface area contributed by atoms with E-state index in [1.807, 2.05) is 26.0 Å². The van der Waals surface area contributed by atoms with Crippen LogP contribution in [-0.2, 0) is 9.47 Å². The Kier molecular flexibility index (Phi) is 7.88. The van der Waals surface area contributed by atoms with Gasteiger partial charge in [0, 0.05) is 20.2 Å². The van der Waals surface area contributed by atoms with Crippen LogP contribution in [0.3, 0.4) is 0 Å². The minimum absolute atomic E-state index is 0.260. The van der Waals surface area contributed by atoms with Gasteiger partial charge in [0.2, 0.25) is 0 Å². The largest absolute Gasteiger partial charge is 0.493 e. The average molecular weight is 451 g/mol. The molecule has 5 N–H and O–H groups in total. The second-order valence-corrected chi connectivity index (χ2v) is 7.90. The molecule has 11 heteroatoms. The standard InChI is InChI=1S/C18H24N6O4S.C2H6/c1-26-10-5-6-24(9-10)29-13-4-3-11(15(19)16(13)27-2)22-14-8-20-17(23-14)12-7-21-18(25)28-12;1-2/h3-4,8,10,12,22H,5-7,9,19H2,1-2H3,(H,20,23)(H,21,25);1-2H3. The van der Waals surface area contributed by atoms with Gasteiger partial charge in [-0.1, -0.05) is 13.8 Å². The van der Waals surface area contributed by atoms with Crippen LogP contribution in [0.15, 0.2) is 23.2 Å². The van der Waals surface area contributed by atoms with Gasteiger partial charge < -0.3 is 35.6 Å². The minimum atomic E-state index is -0.446. The lowest BCUT2D eigenvalue weighted by molar-refractivity contribution is 0.115. The van der Waals surface area contributed by atoms with E-state index in [9.17, 15) is 4.79 Å². The summed E-state index contributed by atoms with van der Waals surface area (Å²) in [7, 11) is 3.35. The number of hydrogen-bond acceptors (Lipinski definition) is 9. The van der Waals surface area contributed by atoms with Crippen molar-refractivity contribution in [3.05, 3.63) is 24.2 Å². The third-order valence-corrected chi connectivity index (χ3v) is 5.99. The third kappa shape index (κ3) is 5.35. The van der Waals surface area contributed by atoms with E-state index in [0.717, 1.165) is 24.4 Å². The first-order valence-electron chi connectivity index (χ1n) is 10.3. The summed E-state index contributed by atoms with van der Waals surface area (Å²) in [5.74, 6) is 1.82. The number of aromatic amines is 1. The second kappa shape index (κ2) is 10.6. The molecule has 3 heterocycles. The number of methoxy groups -OCH3 is 2. The zero-order valence-corrected chi connectivity index (χ0v) is 19.0. The van der Waals surface area contributed by atoms with Gasteiger partial charge in [-0.25, -0.2) is 14.1 Å². The molecule has 0 radical (unpaired) electrons. The van der Waals surface area contributed by atoms with Gasteiger partial charge in [-0.3, -0.25) is 0 Å². The van der Waals surface area contributed by atoms with Gasteiger partial charge in [0.25, 0.3) is 0 Å². The molecule has 170 valence electrons. The Balaban J connectivity index is 0.00000132. The number of amides is 1. The first-order valence-corrected chi connectivity index (χ1v) is 11.0. The number of nitrogen functional groups attached to an aromatic ring is 1. The van der Waals surface area contributed by atoms with E-state index in [1.165, 1.54) is 0 Å². The highest BCUT2D eigenvalue weighted by molar-refractivity contribution is 7.97. The number of ether oxygens (including phenoxy) is 3. The Morgan fingerprint density at radius 1 is 1.35 bits per heavy atom. The Bertz CT molecular complexity index is 893. The predicted octanol–water partition coefficient (Wildman–Crippen LogP) is 3.28. The van der Waals surface area contributed by atoms with Crippen molar-refractivity contribution >= 4 is 35.2 Å². The number of anilines is 3. The zero-order chi connectivity index (χ0) is 22.4. The summed E-state index contributed by atoms with van der Waals surface area (Å²) < 4.78 is 18.4. The lowest BCUT2D eigenvalue weighted by Gasteiger charge is -2.19. The molecular formula is C20H30N6O4S. The minimum Gasteiger partial charge on any atom is -0.493 e. The van der Waals surface area contributed by atoms with E-state index < -0.39 is 12.2 Å². The summed E-state index contributed by atoms with van der Waals surface area (Å²) in [6, 6.07) is 3.88. The fraction of sp³-hybridized carbons (Fsp3) is 0.500. The maximum Gasteiger partial charge on any atom is 0.408 e. The molecule has 2 atom stereocenters. The van der Waals surface area contributed by atoms with Crippen LogP contribution in [0, 0.1) is 0 Å². The molecule has 2 aromatic rings. The zero-order valence-electron chi connectivity index (χ0n) is 18.2. The van der Waals surface area contributed by atoms with Crippen molar-refractivity contribution in [1.29, 1.82) is 0 Å². The summed E-state index contributed by atoms with van der Waals surface area (Å²) in [5.41, 5.74) is 7.56. The molecule has 0 bridgehead atoms. The van der Waals surface area contributed by atoms with Crippen LogP contribution in [0.5, 0.6) is 5.75 Å². The molecule has 10 nitrogen and oxygen atoms in total. The molecule has 1 aromatic heterocycles. The van der Waals surface area contributed by atoms with Crippen molar-refractivity contribution in [3.8, 4) is 5.75 Å². The van der Waals surface area contributed by atoms with Crippen LogP contribution in [0.25, 0.3) is 0 Å². The van der Waals surface area contributed by atoms with Crippen LogP contribution in [0.2, 0.25) is 0 Å². The molecule has 4 rings (SSSR count). The van der Waals surface area contributed by atoms with Crippen LogP contribution in [0.1, 0.15) is 32.2 Å². The molecule has 2 unspecified atom stereocenters. The average Bonchev–Trinajstić information content (AvgIpc) is 3.53. The fourth-order valence-electron chi connectivity index (χ4n) is 3.33. The highest BCUT2D eigenvalue weighted by Crippen LogP contribution is 2.42. The number of H-pyrrole nitrogens is 1. The molecule has 2 aliphatic heterocycles. The number of nitrogens with one attached hydrogen (secondary N) is 3. The number of carbonyl (C=O) groups is 1. The normalized spacial score (nSPS) is 20.6. The molecular weight excluding hydrogens is 420 g/mol. The topological polar surface area (TPSA) is 127 Å². The lowest BCUT2D eigenvalue weighted by atomic mass is 10.2. The SMILES string of the molecule is CC.COc1c(SN2CCC(OC)C2)ccc(Nc2cnc(C3CNC(=O)O3)[nH]2)c1N. The lowest BCUT2D eigenvalue weighted by Crippen LogP contribution is -2.16. The predicted molar refractivity (Wildman–Crippen MR) is 121 cm³/mol. The van der Waals surface area contributed by atoms with E-state index in [1.54, 1.807) is 32.4 Å². The summed E-state index contributed by atoms with van der Waals surface area (Å²) >= 11 is 1.62. The fourth-order valence-corrected chi connectivity index (χ4v) is 4.45. The van der Waals surface area contributed by atoms with E-state index in [2.05, 4.69) is 24.9 Å². The Morgan fingerprint density at radius 2 is 2.16 bits per heavy atom. The van der Waals surface area contributed by atoms with E-state index in [4.69, 9.17) is 19.9 Å². The van der Waals surface area contributed by atoms with Gasteiger partial charge in [-0.15, -0.1) is 0 Å². The molecule has 2 saturated heterocycles. The van der Waals surface area contributed by atoms with Crippen molar-refractivity contribution < 1.29 is 19.0 Å². The van der Waals surface area contributed by atoms with Gasteiger partial charge in [0.15, 0.2) is 17.7 Å². The van der Waals surface area contributed by atoms with E-state index in [0.29, 0.717) is 35.3 Å². The maximum atomic E-state index is 11.2. The molecule has 1 aromatic carbocycles. The van der Waals surface area contributed by atoms with Gasteiger partial charge in [-0.2, -0.15) is 0 Å². The second-order valence-electron chi connectivity index (χ2n) is 6.77. The molecule has 1 amide bonds. The number of nitrogens with zero attached hydrogens (tertiary/aromatic N) is 2. The molecule has 0 saturated carbocycles. The summed E-state index contributed by atoms with van der Waals surface area (Å²) in [6.45, 7) is 6.19. The highest BCUT2D eigenvalue weighted by Gasteiger charge is 2.27. The number of aromatic nitrogens is 2. The van der Waals surface area contributed by atoms with Gasteiger partial charge in [0.05, 0.1) is 42.2 Å². The summed E-state index contributed by atoms with van der Waals surface area (Å²) in [6.07, 6.45) is 2.02. The summed E-state index contributed by atoms with van der Waals surface area (Å²) in [4.78, 5) is 19.5. The van der Waals surface area contributed by atoms with E-state index in [-0.39, 0.29) is 6.10 Å². The number of rotatable bonds is 7. The quantitative estimate of drug-likeness (QED) is 0.371. The van der Waals surface area contributed by atoms with Crippen molar-refractivity contribution in [2.24, 2.45) is 0 Å². The van der Waals surface area contributed by atoms with Crippen molar-refractivity contribution in [2.45, 2.75) is 37.4 Å². The number of alkyl carbamates (subject to hydrolysis) is 1. The van der Waals surface area contributed by atoms with Crippen molar-refractivity contribution in [1.82, 2.24) is 19.6 Å². The monoisotopic (exact) mass is 450 g/mol. The first-order chi connectivity index (χ1) is 15.1. The number of imidazole rings is 1. The van der Waals surface area contributed by atoms with Gasteiger partial charge in [-0.05, 0) is 30.5 Å². The van der Waals surface area contributed by atoms with Crippen LogP contribution >= 0.6 is 11.9 Å². The number of hydrogen-bond donors (Lipinski definition) is 4. The molecule has 2 aliphatic rings. The Morgan fingerprint density at radius 3 is 2.81 bits per heavy atom. The molecule has 2 fully saturated rings.